The second-order valence-electron chi connectivity index (χ2n) is 5.02. The summed E-state index contributed by atoms with van der Waals surface area (Å²) in [6, 6.07) is 18.4. The number of hydrazine groups is 1. The zero-order valence-electron chi connectivity index (χ0n) is 12.6. The molecule has 2 rings (SSSR count). The van der Waals surface area contributed by atoms with Crippen molar-refractivity contribution in [2.24, 2.45) is 0 Å². The maximum atomic E-state index is 11.9. The predicted octanol–water partition coefficient (Wildman–Crippen LogP) is 1.99. The molecule has 2 aromatic rings. The average molecular weight is 313 g/mol. The minimum atomic E-state index is -1.01. The van der Waals surface area contributed by atoms with Crippen molar-refractivity contribution >= 4 is 12.0 Å². The van der Waals surface area contributed by atoms with Crippen LogP contribution >= 0.6 is 0 Å². The summed E-state index contributed by atoms with van der Waals surface area (Å²) in [5.41, 5.74) is 4.45. The van der Waals surface area contributed by atoms with E-state index in [0.29, 0.717) is 13.1 Å². The van der Waals surface area contributed by atoms with Gasteiger partial charge in [-0.1, -0.05) is 60.7 Å². The first kappa shape index (κ1) is 16.5. The van der Waals surface area contributed by atoms with Gasteiger partial charge in [-0.2, -0.15) is 0 Å². The van der Waals surface area contributed by atoms with Gasteiger partial charge in [0.05, 0.1) is 0 Å². The van der Waals surface area contributed by atoms with E-state index in [0.717, 1.165) is 11.1 Å². The average Bonchev–Trinajstić information content (AvgIpc) is 2.54. The molecule has 0 saturated heterocycles. The Kier molecular flexibility index (Phi) is 6.14. The molecule has 0 aromatic heterocycles. The number of hydrogen-bond donors (Lipinski definition) is 3. The van der Waals surface area contributed by atoms with Crippen LogP contribution in [0.1, 0.15) is 11.1 Å². The second-order valence-corrected chi connectivity index (χ2v) is 5.02. The van der Waals surface area contributed by atoms with Crippen molar-refractivity contribution in [2.75, 3.05) is 6.54 Å². The Balaban J connectivity index is 1.88. The number of benzene rings is 2. The van der Waals surface area contributed by atoms with Gasteiger partial charge in [-0.3, -0.25) is 10.2 Å². The molecule has 6 nitrogen and oxygen atoms in total. The molecule has 3 N–H and O–H groups in total. The summed E-state index contributed by atoms with van der Waals surface area (Å²) in [5, 5.41) is 13.0. The molecular weight excluding hydrogens is 294 g/mol. The lowest BCUT2D eigenvalue weighted by Gasteiger charge is -2.21. The first-order valence-electron chi connectivity index (χ1n) is 7.22. The maximum Gasteiger partial charge on any atom is 0.329 e. The van der Waals surface area contributed by atoms with Crippen molar-refractivity contribution in [3.8, 4) is 0 Å². The van der Waals surface area contributed by atoms with Gasteiger partial charge in [0, 0.05) is 13.1 Å². The minimum Gasteiger partial charge on any atom is -0.480 e. The number of rotatable bonds is 7. The molecule has 0 atom stereocenters. The van der Waals surface area contributed by atoms with Crippen LogP contribution in [0.5, 0.6) is 0 Å². The van der Waals surface area contributed by atoms with E-state index in [-0.39, 0.29) is 6.54 Å². The third-order valence-corrected chi connectivity index (χ3v) is 3.10. The monoisotopic (exact) mass is 313 g/mol. The summed E-state index contributed by atoms with van der Waals surface area (Å²) >= 11 is 0. The van der Waals surface area contributed by atoms with E-state index in [9.17, 15) is 9.59 Å². The van der Waals surface area contributed by atoms with Crippen LogP contribution < -0.4 is 10.7 Å². The SMILES string of the molecule is O=C(O)CN(Cc1ccccc1)NC(=O)NCc1ccccc1. The van der Waals surface area contributed by atoms with E-state index >= 15 is 0 Å². The Morgan fingerprint density at radius 1 is 0.913 bits per heavy atom. The molecule has 0 heterocycles. The zero-order chi connectivity index (χ0) is 16.5. The lowest BCUT2D eigenvalue weighted by atomic mass is 10.2. The molecule has 0 spiro atoms. The third kappa shape index (κ3) is 6.19. The molecular formula is C17H19N3O3. The summed E-state index contributed by atoms with van der Waals surface area (Å²) < 4.78 is 0. The molecule has 2 amide bonds. The molecule has 0 fully saturated rings. The van der Waals surface area contributed by atoms with Crippen LogP contribution in [0, 0.1) is 0 Å². The molecule has 0 aliphatic rings. The van der Waals surface area contributed by atoms with Gasteiger partial charge in [-0.25, -0.2) is 9.80 Å². The van der Waals surface area contributed by atoms with Crippen molar-refractivity contribution in [2.45, 2.75) is 13.1 Å². The van der Waals surface area contributed by atoms with E-state index in [1.54, 1.807) is 0 Å². The molecule has 6 heteroatoms. The minimum absolute atomic E-state index is 0.284. The Hall–Kier alpha value is -2.86. The fraction of sp³-hybridized carbons (Fsp3) is 0.176. The molecule has 0 aliphatic heterocycles. The van der Waals surface area contributed by atoms with Crippen LogP contribution in [0.25, 0.3) is 0 Å². The summed E-state index contributed by atoms with van der Waals surface area (Å²) in [4.78, 5) is 22.9. The Bertz CT molecular complexity index is 632. The zero-order valence-corrected chi connectivity index (χ0v) is 12.6. The number of urea groups is 1. The quantitative estimate of drug-likeness (QED) is 0.683. The summed E-state index contributed by atoms with van der Waals surface area (Å²) in [7, 11) is 0. The fourth-order valence-corrected chi connectivity index (χ4v) is 2.06. The van der Waals surface area contributed by atoms with E-state index in [1.165, 1.54) is 5.01 Å². The number of amides is 2. The van der Waals surface area contributed by atoms with Crippen molar-refractivity contribution < 1.29 is 14.7 Å². The van der Waals surface area contributed by atoms with Crippen LogP contribution in [-0.2, 0) is 17.9 Å². The van der Waals surface area contributed by atoms with Crippen LogP contribution in [0.15, 0.2) is 60.7 Å². The number of aliphatic carboxylic acids is 1. The number of carboxylic acid groups (broad SMARTS) is 1. The van der Waals surface area contributed by atoms with Crippen molar-refractivity contribution in [3.63, 3.8) is 0 Å². The first-order valence-corrected chi connectivity index (χ1v) is 7.22. The molecule has 2 aromatic carbocycles. The highest BCUT2D eigenvalue weighted by Gasteiger charge is 2.13. The van der Waals surface area contributed by atoms with Crippen molar-refractivity contribution in [1.29, 1.82) is 0 Å². The maximum absolute atomic E-state index is 11.9. The van der Waals surface area contributed by atoms with Gasteiger partial charge in [0.25, 0.3) is 0 Å². The molecule has 0 aliphatic carbocycles. The van der Waals surface area contributed by atoms with Crippen LogP contribution in [-0.4, -0.2) is 28.7 Å². The second kappa shape index (κ2) is 8.55. The van der Waals surface area contributed by atoms with Gasteiger partial charge in [0.15, 0.2) is 0 Å². The normalized spacial score (nSPS) is 10.3. The standard InChI is InChI=1S/C17H19N3O3/c21-16(22)13-20(12-15-9-5-2-6-10-15)19-17(23)18-11-14-7-3-1-4-8-14/h1-10H,11-13H2,(H,21,22)(H2,18,19,23). The van der Waals surface area contributed by atoms with Gasteiger partial charge < -0.3 is 10.4 Å². The van der Waals surface area contributed by atoms with E-state index < -0.39 is 12.0 Å². The summed E-state index contributed by atoms with van der Waals surface area (Å²) in [6.07, 6.45) is 0. The fourth-order valence-electron chi connectivity index (χ4n) is 2.06. The number of nitrogens with one attached hydrogen (secondary N) is 2. The Labute approximate surface area is 134 Å². The summed E-state index contributed by atoms with van der Waals surface area (Å²) in [6.45, 7) is 0.401. The van der Waals surface area contributed by atoms with Crippen molar-refractivity contribution in [1.82, 2.24) is 15.8 Å². The van der Waals surface area contributed by atoms with E-state index in [2.05, 4.69) is 10.7 Å². The highest BCUT2D eigenvalue weighted by molar-refractivity contribution is 5.74. The van der Waals surface area contributed by atoms with Crippen molar-refractivity contribution in [3.05, 3.63) is 71.8 Å². The number of carbonyl (C=O) groups excluding carboxylic acids is 1. The molecule has 0 unspecified atom stereocenters. The number of carboxylic acids is 1. The smallest absolute Gasteiger partial charge is 0.329 e. The van der Waals surface area contributed by atoms with E-state index in [1.807, 2.05) is 60.7 Å². The number of nitrogens with zero attached hydrogens (tertiary/aromatic N) is 1. The largest absolute Gasteiger partial charge is 0.480 e. The molecule has 23 heavy (non-hydrogen) atoms. The van der Waals surface area contributed by atoms with Crippen LogP contribution in [0.2, 0.25) is 0 Å². The molecule has 0 radical (unpaired) electrons. The van der Waals surface area contributed by atoms with Gasteiger partial charge in [0.1, 0.15) is 6.54 Å². The molecule has 0 saturated carbocycles. The van der Waals surface area contributed by atoms with Crippen LogP contribution in [0.4, 0.5) is 4.79 Å². The third-order valence-electron chi connectivity index (χ3n) is 3.10. The van der Waals surface area contributed by atoms with Gasteiger partial charge >= 0.3 is 12.0 Å². The highest BCUT2D eigenvalue weighted by Crippen LogP contribution is 2.02. The number of hydrogen-bond acceptors (Lipinski definition) is 3. The lowest BCUT2D eigenvalue weighted by Crippen LogP contribution is -2.48. The topological polar surface area (TPSA) is 81.7 Å². The predicted molar refractivity (Wildman–Crippen MR) is 86.3 cm³/mol. The highest BCUT2D eigenvalue weighted by atomic mass is 16.4. The number of carbonyl (C=O) groups is 2. The van der Waals surface area contributed by atoms with E-state index in [4.69, 9.17) is 5.11 Å². The summed E-state index contributed by atoms with van der Waals surface area (Å²) in [5.74, 6) is -1.01. The molecule has 120 valence electrons. The van der Waals surface area contributed by atoms with Crippen LogP contribution in [0.3, 0.4) is 0 Å². The Morgan fingerprint density at radius 2 is 1.48 bits per heavy atom. The first-order chi connectivity index (χ1) is 11.1. The van der Waals surface area contributed by atoms with Gasteiger partial charge in [-0.05, 0) is 11.1 Å². The Morgan fingerprint density at radius 3 is 2.04 bits per heavy atom. The van der Waals surface area contributed by atoms with Gasteiger partial charge in [-0.15, -0.1) is 0 Å². The lowest BCUT2D eigenvalue weighted by molar-refractivity contribution is -0.139. The van der Waals surface area contributed by atoms with Gasteiger partial charge in [0.2, 0.25) is 0 Å². The molecule has 0 bridgehead atoms.